The summed E-state index contributed by atoms with van der Waals surface area (Å²) in [4.78, 5) is 4.64. The van der Waals surface area contributed by atoms with Crippen LogP contribution in [0.1, 0.15) is 22.7 Å². The number of nitrogens with zero attached hydrogens (tertiary/aromatic N) is 1. The van der Waals surface area contributed by atoms with Gasteiger partial charge in [0.1, 0.15) is 5.82 Å². The molecular weight excluding hydrogens is 259 g/mol. The normalized spacial score (nSPS) is 12.4. The molecule has 0 saturated heterocycles. The number of aryl methyl sites for hydroxylation is 1. The van der Waals surface area contributed by atoms with Crippen LogP contribution in [0.25, 0.3) is 0 Å². The van der Waals surface area contributed by atoms with Crippen molar-refractivity contribution in [3.63, 3.8) is 0 Å². The highest BCUT2D eigenvalue weighted by Crippen LogP contribution is 2.30. The SMILES string of the molecule is CCN(c1cccc(F)c1)C(CN)c1ccc(C)s1. The molecule has 1 atom stereocenters. The molecule has 0 aliphatic carbocycles. The first-order chi connectivity index (χ1) is 9.15. The summed E-state index contributed by atoms with van der Waals surface area (Å²) >= 11 is 1.75. The summed E-state index contributed by atoms with van der Waals surface area (Å²) in [6.45, 7) is 5.46. The van der Waals surface area contributed by atoms with Crippen molar-refractivity contribution >= 4 is 17.0 Å². The van der Waals surface area contributed by atoms with Gasteiger partial charge in [0.25, 0.3) is 0 Å². The first kappa shape index (κ1) is 14.0. The molecule has 0 bridgehead atoms. The van der Waals surface area contributed by atoms with E-state index in [1.54, 1.807) is 23.5 Å². The van der Waals surface area contributed by atoms with Crippen molar-refractivity contribution in [3.05, 3.63) is 52.0 Å². The van der Waals surface area contributed by atoms with Crippen molar-refractivity contribution in [2.75, 3.05) is 18.0 Å². The molecule has 1 heterocycles. The number of anilines is 1. The van der Waals surface area contributed by atoms with Crippen molar-refractivity contribution in [1.29, 1.82) is 0 Å². The molecule has 0 aliphatic rings. The first-order valence-corrected chi connectivity index (χ1v) is 7.26. The van der Waals surface area contributed by atoms with Crippen LogP contribution in [-0.2, 0) is 0 Å². The third-order valence-electron chi connectivity index (χ3n) is 3.17. The standard InChI is InChI=1S/C15H19FN2S/c1-3-18(13-6-4-5-12(16)9-13)14(10-17)15-8-7-11(2)19-15/h4-9,14H,3,10,17H2,1-2H3. The van der Waals surface area contributed by atoms with Crippen molar-refractivity contribution in [1.82, 2.24) is 0 Å². The summed E-state index contributed by atoms with van der Waals surface area (Å²) in [6, 6.07) is 11.0. The molecule has 2 nitrogen and oxygen atoms in total. The minimum Gasteiger partial charge on any atom is -0.363 e. The van der Waals surface area contributed by atoms with Gasteiger partial charge in [0.15, 0.2) is 0 Å². The quantitative estimate of drug-likeness (QED) is 0.903. The van der Waals surface area contributed by atoms with Gasteiger partial charge in [-0.2, -0.15) is 0 Å². The minimum absolute atomic E-state index is 0.102. The molecule has 2 N–H and O–H groups in total. The summed E-state index contributed by atoms with van der Waals surface area (Å²) in [5, 5.41) is 0. The van der Waals surface area contributed by atoms with Crippen molar-refractivity contribution in [2.45, 2.75) is 19.9 Å². The van der Waals surface area contributed by atoms with Gasteiger partial charge in [-0.25, -0.2) is 4.39 Å². The number of thiophene rings is 1. The van der Waals surface area contributed by atoms with Gasteiger partial charge in [-0.3, -0.25) is 0 Å². The Kier molecular flexibility index (Phi) is 4.56. The minimum atomic E-state index is -0.214. The average molecular weight is 278 g/mol. The van der Waals surface area contributed by atoms with E-state index in [9.17, 15) is 4.39 Å². The maximum Gasteiger partial charge on any atom is 0.125 e. The molecule has 0 fully saturated rings. The Morgan fingerprint density at radius 3 is 2.63 bits per heavy atom. The zero-order chi connectivity index (χ0) is 13.8. The number of rotatable bonds is 5. The molecule has 0 amide bonds. The second-order valence-electron chi connectivity index (χ2n) is 4.47. The van der Waals surface area contributed by atoms with Crippen LogP contribution in [0.15, 0.2) is 36.4 Å². The van der Waals surface area contributed by atoms with Gasteiger partial charge in [0.05, 0.1) is 6.04 Å². The number of benzene rings is 1. The molecule has 1 aromatic heterocycles. The summed E-state index contributed by atoms with van der Waals surface area (Å²) in [5.74, 6) is -0.214. The Bertz CT molecular complexity index is 538. The molecule has 0 radical (unpaired) electrons. The lowest BCUT2D eigenvalue weighted by molar-refractivity contribution is 0.618. The Hall–Kier alpha value is -1.39. The second-order valence-corrected chi connectivity index (χ2v) is 5.79. The third-order valence-corrected chi connectivity index (χ3v) is 4.27. The Balaban J connectivity index is 2.33. The van der Waals surface area contributed by atoms with Gasteiger partial charge in [-0.1, -0.05) is 6.07 Å². The monoisotopic (exact) mass is 278 g/mol. The lowest BCUT2D eigenvalue weighted by Crippen LogP contribution is -2.33. The second kappa shape index (κ2) is 6.17. The van der Waals surface area contributed by atoms with E-state index in [0.29, 0.717) is 6.54 Å². The Labute approximate surface area is 117 Å². The summed E-state index contributed by atoms with van der Waals surface area (Å²) in [7, 11) is 0. The van der Waals surface area contributed by atoms with Gasteiger partial charge in [0.2, 0.25) is 0 Å². The molecule has 102 valence electrons. The van der Waals surface area contributed by atoms with E-state index in [-0.39, 0.29) is 11.9 Å². The average Bonchev–Trinajstić information content (AvgIpc) is 2.82. The van der Waals surface area contributed by atoms with Crippen molar-refractivity contribution in [3.8, 4) is 0 Å². The predicted octanol–water partition coefficient (Wildman–Crippen LogP) is 3.72. The molecule has 1 unspecified atom stereocenters. The predicted molar refractivity (Wildman–Crippen MR) is 80.3 cm³/mol. The zero-order valence-electron chi connectivity index (χ0n) is 11.3. The summed E-state index contributed by atoms with van der Waals surface area (Å²) in [6.07, 6.45) is 0. The molecule has 0 saturated carbocycles. The third kappa shape index (κ3) is 3.14. The molecule has 2 rings (SSSR count). The zero-order valence-corrected chi connectivity index (χ0v) is 12.1. The van der Waals surface area contributed by atoms with Gasteiger partial charge in [-0.15, -0.1) is 11.3 Å². The van der Waals surface area contributed by atoms with Crippen molar-refractivity contribution in [2.24, 2.45) is 5.73 Å². The van der Waals surface area contributed by atoms with Crippen LogP contribution in [0.5, 0.6) is 0 Å². The van der Waals surface area contributed by atoms with E-state index in [0.717, 1.165) is 12.2 Å². The Morgan fingerprint density at radius 2 is 2.11 bits per heavy atom. The maximum atomic E-state index is 13.4. The highest BCUT2D eigenvalue weighted by atomic mass is 32.1. The van der Waals surface area contributed by atoms with Crippen LogP contribution < -0.4 is 10.6 Å². The topological polar surface area (TPSA) is 29.3 Å². The summed E-state index contributed by atoms with van der Waals surface area (Å²) < 4.78 is 13.4. The lowest BCUT2D eigenvalue weighted by atomic mass is 10.1. The van der Waals surface area contributed by atoms with Gasteiger partial charge < -0.3 is 10.6 Å². The van der Waals surface area contributed by atoms with Gasteiger partial charge in [-0.05, 0) is 44.2 Å². The van der Waals surface area contributed by atoms with Gasteiger partial charge >= 0.3 is 0 Å². The maximum absolute atomic E-state index is 13.4. The largest absolute Gasteiger partial charge is 0.363 e. The van der Waals surface area contributed by atoms with E-state index < -0.39 is 0 Å². The number of likely N-dealkylation sites (N-methyl/N-ethyl adjacent to an activating group) is 1. The van der Waals surface area contributed by atoms with Crippen LogP contribution in [0, 0.1) is 12.7 Å². The number of hydrogen-bond acceptors (Lipinski definition) is 3. The first-order valence-electron chi connectivity index (χ1n) is 6.44. The number of nitrogens with two attached hydrogens (primary N) is 1. The van der Waals surface area contributed by atoms with Crippen LogP contribution in [0.2, 0.25) is 0 Å². The van der Waals surface area contributed by atoms with Crippen molar-refractivity contribution < 1.29 is 4.39 Å². The fraction of sp³-hybridized carbons (Fsp3) is 0.333. The fourth-order valence-electron chi connectivity index (χ4n) is 2.27. The van der Waals surface area contributed by atoms with Gasteiger partial charge in [0, 0.05) is 28.5 Å². The smallest absolute Gasteiger partial charge is 0.125 e. The molecule has 0 aliphatic heterocycles. The molecule has 2 aromatic rings. The molecular formula is C15H19FN2S. The molecule has 0 spiro atoms. The van der Waals surface area contributed by atoms with E-state index in [1.807, 2.05) is 6.07 Å². The molecule has 4 heteroatoms. The highest BCUT2D eigenvalue weighted by molar-refractivity contribution is 7.12. The van der Waals surface area contributed by atoms with E-state index >= 15 is 0 Å². The molecule has 19 heavy (non-hydrogen) atoms. The number of hydrogen-bond donors (Lipinski definition) is 1. The summed E-state index contributed by atoms with van der Waals surface area (Å²) in [5.41, 5.74) is 6.82. The molecule has 1 aromatic carbocycles. The van der Waals surface area contributed by atoms with Crippen LogP contribution >= 0.6 is 11.3 Å². The lowest BCUT2D eigenvalue weighted by Gasteiger charge is -2.31. The fourth-order valence-corrected chi connectivity index (χ4v) is 3.27. The highest BCUT2D eigenvalue weighted by Gasteiger charge is 2.19. The number of halogens is 1. The van der Waals surface area contributed by atoms with Crippen LogP contribution in [0.3, 0.4) is 0 Å². The van der Waals surface area contributed by atoms with E-state index in [4.69, 9.17) is 5.73 Å². The Morgan fingerprint density at radius 1 is 1.32 bits per heavy atom. The van der Waals surface area contributed by atoms with E-state index in [2.05, 4.69) is 30.9 Å². The van der Waals surface area contributed by atoms with Crippen LogP contribution in [0.4, 0.5) is 10.1 Å². The van der Waals surface area contributed by atoms with Crippen LogP contribution in [-0.4, -0.2) is 13.1 Å². The van der Waals surface area contributed by atoms with E-state index in [1.165, 1.54) is 15.8 Å².